The van der Waals surface area contributed by atoms with Crippen LogP contribution in [0.5, 0.6) is 0 Å². The van der Waals surface area contributed by atoms with Crippen LogP contribution >= 0.6 is 11.3 Å². The van der Waals surface area contributed by atoms with E-state index in [2.05, 4.69) is 65.3 Å². The van der Waals surface area contributed by atoms with Gasteiger partial charge < -0.3 is 5.32 Å². The van der Waals surface area contributed by atoms with Crippen molar-refractivity contribution >= 4 is 21.4 Å². The first-order valence-corrected chi connectivity index (χ1v) is 8.42. The monoisotopic (exact) mass is 293 g/mol. The first-order chi connectivity index (χ1) is 10.3. The molecule has 4 rings (SSSR count). The minimum absolute atomic E-state index is 0.394. The number of rotatable bonds is 4. The van der Waals surface area contributed by atoms with Crippen LogP contribution < -0.4 is 5.32 Å². The van der Waals surface area contributed by atoms with Gasteiger partial charge in [-0.05, 0) is 40.8 Å². The van der Waals surface area contributed by atoms with Gasteiger partial charge in [-0.1, -0.05) is 48.5 Å². The highest BCUT2D eigenvalue weighted by molar-refractivity contribution is 7.17. The fourth-order valence-corrected chi connectivity index (χ4v) is 4.36. The number of hydrogen-bond donors (Lipinski definition) is 1. The van der Waals surface area contributed by atoms with Crippen molar-refractivity contribution in [3.05, 3.63) is 71.1 Å². The molecule has 1 nitrogen and oxygen atoms in total. The van der Waals surface area contributed by atoms with Crippen molar-refractivity contribution in [1.82, 2.24) is 5.32 Å². The van der Waals surface area contributed by atoms with Crippen molar-refractivity contribution in [3.63, 3.8) is 0 Å². The predicted octanol–water partition coefficient (Wildman–Crippen LogP) is 4.28. The Morgan fingerprint density at radius 1 is 0.905 bits per heavy atom. The number of fused-ring (bicyclic) bond motifs is 1. The van der Waals surface area contributed by atoms with Gasteiger partial charge in [0.15, 0.2) is 0 Å². The van der Waals surface area contributed by atoms with Crippen LogP contribution in [-0.4, -0.2) is 13.1 Å². The fraction of sp³-hybridized carbons (Fsp3) is 0.263. The Balaban J connectivity index is 1.62. The Kier molecular flexibility index (Phi) is 3.28. The molecule has 1 aliphatic rings. The number of hydrogen-bond acceptors (Lipinski definition) is 2. The van der Waals surface area contributed by atoms with Gasteiger partial charge in [0.1, 0.15) is 0 Å². The van der Waals surface area contributed by atoms with E-state index in [0.717, 1.165) is 13.1 Å². The molecule has 0 spiro atoms. The third-order valence-electron chi connectivity index (χ3n) is 4.55. The molecular weight excluding hydrogens is 274 g/mol. The van der Waals surface area contributed by atoms with Gasteiger partial charge in [0.05, 0.1) is 0 Å². The third kappa shape index (κ3) is 2.50. The molecule has 0 unspecified atom stereocenters. The second-order valence-corrected chi connectivity index (χ2v) is 7.11. The molecule has 1 aliphatic heterocycles. The van der Waals surface area contributed by atoms with Gasteiger partial charge in [-0.25, -0.2) is 0 Å². The Hall–Kier alpha value is -1.64. The van der Waals surface area contributed by atoms with Crippen LogP contribution in [0.2, 0.25) is 0 Å². The molecule has 0 aliphatic carbocycles. The van der Waals surface area contributed by atoms with E-state index in [-0.39, 0.29) is 0 Å². The largest absolute Gasteiger partial charge is 0.315 e. The Bertz CT molecular complexity index is 740. The molecular formula is C19H19NS. The fourth-order valence-electron chi connectivity index (χ4n) is 3.39. The Morgan fingerprint density at radius 3 is 2.43 bits per heavy atom. The van der Waals surface area contributed by atoms with Crippen LogP contribution in [0.4, 0.5) is 0 Å². The molecule has 0 amide bonds. The van der Waals surface area contributed by atoms with Gasteiger partial charge in [-0.2, -0.15) is 0 Å². The molecule has 0 bridgehead atoms. The van der Waals surface area contributed by atoms with Crippen LogP contribution in [0.1, 0.15) is 11.1 Å². The highest BCUT2D eigenvalue weighted by Gasteiger charge is 2.37. The summed E-state index contributed by atoms with van der Waals surface area (Å²) >= 11 is 1.88. The Labute approximate surface area is 129 Å². The lowest BCUT2D eigenvalue weighted by Gasteiger charge is -2.43. The van der Waals surface area contributed by atoms with Crippen molar-refractivity contribution in [2.45, 2.75) is 12.8 Å². The van der Waals surface area contributed by atoms with Crippen molar-refractivity contribution in [2.24, 2.45) is 5.41 Å². The topological polar surface area (TPSA) is 12.0 Å². The van der Waals surface area contributed by atoms with E-state index in [0.29, 0.717) is 5.41 Å². The molecule has 2 aromatic carbocycles. The van der Waals surface area contributed by atoms with E-state index in [4.69, 9.17) is 0 Å². The lowest BCUT2D eigenvalue weighted by atomic mass is 9.72. The molecule has 21 heavy (non-hydrogen) atoms. The second-order valence-electron chi connectivity index (χ2n) is 6.20. The molecule has 1 N–H and O–H groups in total. The maximum absolute atomic E-state index is 3.49. The zero-order chi connectivity index (χ0) is 14.1. The quantitative estimate of drug-likeness (QED) is 0.757. The highest BCUT2D eigenvalue weighted by Crippen LogP contribution is 2.36. The molecule has 1 saturated heterocycles. The minimum Gasteiger partial charge on any atom is -0.315 e. The smallest absolute Gasteiger partial charge is 0.0345 e. The molecule has 0 radical (unpaired) electrons. The number of benzene rings is 2. The van der Waals surface area contributed by atoms with Crippen molar-refractivity contribution in [3.8, 4) is 0 Å². The molecule has 3 aromatic rings. The van der Waals surface area contributed by atoms with Crippen LogP contribution in [0.3, 0.4) is 0 Å². The van der Waals surface area contributed by atoms with Crippen LogP contribution in [-0.2, 0) is 12.8 Å². The summed E-state index contributed by atoms with van der Waals surface area (Å²) in [6, 6.07) is 19.7. The van der Waals surface area contributed by atoms with E-state index < -0.39 is 0 Å². The molecule has 2 heteroatoms. The van der Waals surface area contributed by atoms with Crippen LogP contribution in [0.15, 0.2) is 60.0 Å². The summed E-state index contributed by atoms with van der Waals surface area (Å²) in [6.07, 6.45) is 2.35. The summed E-state index contributed by atoms with van der Waals surface area (Å²) in [5.41, 5.74) is 3.37. The third-order valence-corrected chi connectivity index (χ3v) is 5.56. The first-order valence-electron chi connectivity index (χ1n) is 7.54. The van der Waals surface area contributed by atoms with Gasteiger partial charge in [-0.15, -0.1) is 11.3 Å². The van der Waals surface area contributed by atoms with E-state index in [1.165, 1.54) is 34.1 Å². The van der Waals surface area contributed by atoms with Crippen molar-refractivity contribution in [1.29, 1.82) is 0 Å². The standard InChI is InChI=1S/C19H19NS/c1-2-6-15(7-3-1)10-19(13-20-14-19)11-16-12-21-18-9-5-4-8-17(16)18/h1-9,12,20H,10-11,13-14H2. The molecule has 1 fully saturated rings. The average molecular weight is 293 g/mol. The van der Waals surface area contributed by atoms with E-state index in [1.807, 2.05) is 11.3 Å². The zero-order valence-corrected chi connectivity index (χ0v) is 12.8. The van der Waals surface area contributed by atoms with Crippen LogP contribution in [0.25, 0.3) is 10.1 Å². The van der Waals surface area contributed by atoms with Crippen molar-refractivity contribution < 1.29 is 0 Å². The van der Waals surface area contributed by atoms with Gasteiger partial charge in [0, 0.05) is 23.2 Å². The first kappa shape index (κ1) is 13.1. The SMILES string of the molecule is c1ccc(CC2(Cc3csc4ccccc34)CNC2)cc1. The number of thiophene rings is 1. The molecule has 0 saturated carbocycles. The molecule has 2 heterocycles. The predicted molar refractivity (Wildman–Crippen MR) is 91.0 cm³/mol. The van der Waals surface area contributed by atoms with Gasteiger partial charge in [-0.3, -0.25) is 0 Å². The maximum atomic E-state index is 3.49. The zero-order valence-electron chi connectivity index (χ0n) is 12.0. The minimum atomic E-state index is 0.394. The molecule has 0 atom stereocenters. The summed E-state index contributed by atoms with van der Waals surface area (Å²) in [4.78, 5) is 0. The summed E-state index contributed by atoms with van der Waals surface area (Å²) in [5.74, 6) is 0. The molecule has 1 aromatic heterocycles. The molecule has 106 valence electrons. The summed E-state index contributed by atoms with van der Waals surface area (Å²) < 4.78 is 1.41. The van der Waals surface area contributed by atoms with E-state index in [9.17, 15) is 0 Å². The number of nitrogens with one attached hydrogen (secondary N) is 1. The van der Waals surface area contributed by atoms with Crippen molar-refractivity contribution in [2.75, 3.05) is 13.1 Å². The summed E-state index contributed by atoms with van der Waals surface area (Å²) in [6.45, 7) is 2.26. The summed E-state index contributed by atoms with van der Waals surface area (Å²) in [7, 11) is 0. The highest BCUT2D eigenvalue weighted by atomic mass is 32.1. The van der Waals surface area contributed by atoms with Crippen LogP contribution in [0, 0.1) is 5.41 Å². The maximum Gasteiger partial charge on any atom is 0.0345 e. The second kappa shape index (κ2) is 5.28. The van der Waals surface area contributed by atoms with Gasteiger partial charge in [0.25, 0.3) is 0 Å². The van der Waals surface area contributed by atoms with E-state index in [1.54, 1.807) is 0 Å². The van der Waals surface area contributed by atoms with Gasteiger partial charge >= 0.3 is 0 Å². The Morgan fingerprint density at radius 2 is 1.67 bits per heavy atom. The summed E-state index contributed by atoms with van der Waals surface area (Å²) in [5, 5.41) is 7.29. The average Bonchev–Trinajstić information content (AvgIpc) is 2.89. The lowest BCUT2D eigenvalue weighted by molar-refractivity contribution is 0.167. The lowest BCUT2D eigenvalue weighted by Crippen LogP contribution is -2.55. The van der Waals surface area contributed by atoms with Gasteiger partial charge in [0.2, 0.25) is 0 Å². The van der Waals surface area contributed by atoms with E-state index >= 15 is 0 Å². The normalized spacial score (nSPS) is 16.8.